The molecule has 2 heterocycles. The maximum atomic E-state index is 12.8. The summed E-state index contributed by atoms with van der Waals surface area (Å²) >= 11 is 8.98. The third-order valence-electron chi connectivity index (χ3n) is 5.70. The number of nitrogens with zero attached hydrogens (tertiary/aromatic N) is 3. The highest BCUT2D eigenvalue weighted by Crippen LogP contribution is 2.38. The van der Waals surface area contributed by atoms with E-state index < -0.39 is 5.97 Å². The number of aryl methyl sites for hydroxylation is 2. The van der Waals surface area contributed by atoms with Crippen molar-refractivity contribution in [2.45, 2.75) is 57.8 Å². The van der Waals surface area contributed by atoms with E-state index in [-0.39, 0.29) is 18.3 Å². The third-order valence-corrected chi connectivity index (χ3v) is 8.19. The van der Waals surface area contributed by atoms with E-state index in [1.807, 2.05) is 30.5 Å². The number of amides is 1. The van der Waals surface area contributed by atoms with Gasteiger partial charge in [0.2, 0.25) is 5.91 Å². The lowest BCUT2D eigenvalue weighted by Gasteiger charge is -2.12. The third kappa shape index (κ3) is 5.82. The maximum absolute atomic E-state index is 12.8. The van der Waals surface area contributed by atoms with Crippen LogP contribution in [-0.4, -0.2) is 39.5 Å². The summed E-state index contributed by atoms with van der Waals surface area (Å²) in [6, 6.07) is 5.59. The Bertz CT molecular complexity index is 1240. The lowest BCUT2D eigenvalue weighted by Crippen LogP contribution is -2.17. The molecule has 0 aliphatic heterocycles. The van der Waals surface area contributed by atoms with Gasteiger partial charge in [0.25, 0.3) is 0 Å². The molecule has 0 bridgehead atoms. The van der Waals surface area contributed by atoms with E-state index in [9.17, 15) is 9.59 Å². The Morgan fingerprint density at radius 3 is 2.83 bits per heavy atom. The van der Waals surface area contributed by atoms with Crippen LogP contribution in [0, 0.1) is 6.92 Å². The smallest absolute Gasteiger partial charge is 0.341 e. The number of esters is 1. The number of rotatable bonds is 9. The number of carbonyl (C=O) groups is 2. The summed E-state index contributed by atoms with van der Waals surface area (Å²) in [6.45, 7) is 4.79. The minimum atomic E-state index is -0.406. The zero-order valence-corrected chi connectivity index (χ0v) is 22.2. The van der Waals surface area contributed by atoms with Crippen LogP contribution in [0.1, 0.15) is 52.0 Å². The highest BCUT2D eigenvalue weighted by molar-refractivity contribution is 7.99. The lowest BCUT2D eigenvalue weighted by atomic mass is 9.95. The topological polar surface area (TPSA) is 95.3 Å². The Morgan fingerprint density at radius 2 is 2.06 bits per heavy atom. The Morgan fingerprint density at radius 1 is 1.26 bits per heavy atom. The Kier molecular flexibility index (Phi) is 8.35. The highest BCUT2D eigenvalue weighted by atomic mass is 35.5. The van der Waals surface area contributed by atoms with E-state index in [1.54, 1.807) is 6.07 Å². The first kappa shape index (κ1) is 25.5. The molecule has 4 rings (SSSR count). The number of halogens is 1. The van der Waals surface area contributed by atoms with Crippen molar-refractivity contribution in [3.05, 3.63) is 50.6 Å². The molecule has 186 valence electrons. The standard InChI is InChI=1S/C24H27ClN4O4S2/c1-4-29-19(12-33-17-11-14(2)9-10-16(17)25)27-28-24(29)34-13-20(30)26-22-21(23(31)32-3)15-7-5-6-8-18(15)35-22/h9-11H,4-8,12-13H2,1-3H3,(H,26,30). The van der Waals surface area contributed by atoms with Gasteiger partial charge in [-0.2, -0.15) is 0 Å². The number of ether oxygens (including phenoxy) is 2. The highest BCUT2D eigenvalue weighted by Gasteiger charge is 2.27. The summed E-state index contributed by atoms with van der Waals surface area (Å²) in [4.78, 5) is 26.3. The van der Waals surface area contributed by atoms with Crippen molar-refractivity contribution >= 4 is 51.6 Å². The number of anilines is 1. The predicted octanol–water partition coefficient (Wildman–Crippen LogP) is 5.30. The van der Waals surface area contributed by atoms with Gasteiger partial charge in [-0.25, -0.2) is 4.79 Å². The number of thioether (sulfide) groups is 1. The van der Waals surface area contributed by atoms with Gasteiger partial charge in [0.1, 0.15) is 17.4 Å². The van der Waals surface area contributed by atoms with E-state index in [4.69, 9.17) is 21.1 Å². The fourth-order valence-corrected chi connectivity index (χ4v) is 6.27. The summed E-state index contributed by atoms with van der Waals surface area (Å²) in [5, 5.41) is 13.1. The SMILES string of the molecule is CCn1c(COc2cc(C)ccc2Cl)nnc1SCC(=O)Nc1sc2c(c1C(=O)OC)CCCC2. The zero-order chi connectivity index (χ0) is 24.9. The van der Waals surface area contributed by atoms with Crippen molar-refractivity contribution in [2.75, 3.05) is 18.2 Å². The second-order valence-electron chi connectivity index (χ2n) is 8.11. The van der Waals surface area contributed by atoms with E-state index in [2.05, 4.69) is 15.5 Å². The predicted molar refractivity (Wildman–Crippen MR) is 138 cm³/mol. The lowest BCUT2D eigenvalue weighted by molar-refractivity contribution is -0.113. The molecule has 11 heteroatoms. The monoisotopic (exact) mass is 534 g/mol. The number of methoxy groups -OCH3 is 1. The van der Waals surface area contributed by atoms with Crippen LogP contribution in [0.4, 0.5) is 5.00 Å². The second-order valence-corrected chi connectivity index (χ2v) is 10.6. The van der Waals surface area contributed by atoms with E-state index in [0.717, 1.165) is 41.7 Å². The number of hydrogen-bond acceptors (Lipinski definition) is 8. The van der Waals surface area contributed by atoms with Gasteiger partial charge in [-0.1, -0.05) is 29.4 Å². The van der Waals surface area contributed by atoms with Gasteiger partial charge in [-0.15, -0.1) is 21.5 Å². The zero-order valence-electron chi connectivity index (χ0n) is 19.9. The molecule has 0 spiro atoms. The van der Waals surface area contributed by atoms with Crippen LogP contribution in [-0.2, 0) is 35.5 Å². The number of hydrogen-bond donors (Lipinski definition) is 1. The molecule has 0 saturated heterocycles. The van der Waals surface area contributed by atoms with Crippen LogP contribution in [0.25, 0.3) is 0 Å². The minimum absolute atomic E-state index is 0.131. The number of aromatic nitrogens is 3. The van der Waals surface area contributed by atoms with Crippen LogP contribution < -0.4 is 10.1 Å². The molecule has 0 fully saturated rings. The van der Waals surface area contributed by atoms with Crippen LogP contribution in [0.15, 0.2) is 23.4 Å². The Balaban J connectivity index is 1.41. The second kappa shape index (κ2) is 11.5. The van der Waals surface area contributed by atoms with Gasteiger partial charge < -0.3 is 19.4 Å². The van der Waals surface area contributed by atoms with Crippen LogP contribution in [0.3, 0.4) is 0 Å². The molecular formula is C24H27ClN4O4S2. The van der Waals surface area contributed by atoms with Crippen molar-refractivity contribution in [1.82, 2.24) is 14.8 Å². The van der Waals surface area contributed by atoms with Gasteiger partial charge >= 0.3 is 5.97 Å². The van der Waals surface area contributed by atoms with Crippen LogP contribution >= 0.6 is 34.7 Å². The molecule has 8 nitrogen and oxygen atoms in total. The number of benzene rings is 1. The number of fused-ring (bicyclic) bond motifs is 1. The summed E-state index contributed by atoms with van der Waals surface area (Å²) in [5.74, 6) is 0.745. The average molecular weight is 535 g/mol. The van der Waals surface area contributed by atoms with Crippen molar-refractivity contribution in [2.24, 2.45) is 0 Å². The van der Waals surface area contributed by atoms with Gasteiger partial charge in [0.15, 0.2) is 11.0 Å². The first-order chi connectivity index (χ1) is 16.9. The van der Waals surface area contributed by atoms with Crippen molar-refractivity contribution in [1.29, 1.82) is 0 Å². The quantitative estimate of drug-likeness (QED) is 0.294. The number of carbonyl (C=O) groups excluding carboxylic acids is 2. The van der Waals surface area contributed by atoms with Gasteiger partial charge in [-0.3, -0.25) is 4.79 Å². The Labute approximate surface area is 217 Å². The van der Waals surface area contributed by atoms with Gasteiger partial charge in [-0.05, 0) is 62.8 Å². The van der Waals surface area contributed by atoms with Gasteiger partial charge in [0.05, 0.1) is 23.4 Å². The van der Waals surface area contributed by atoms with E-state index >= 15 is 0 Å². The molecule has 0 atom stereocenters. The minimum Gasteiger partial charge on any atom is -0.484 e. The van der Waals surface area contributed by atoms with E-state index in [1.165, 1.54) is 30.2 Å². The molecular weight excluding hydrogens is 508 g/mol. The first-order valence-corrected chi connectivity index (χ1v) is 13.6. The van der Waals surface area contributed by atoms with Crippen molar-refractivity contribution in [3.63, 3.8) is 0 Å². The molecule has 1 aliphatic rings. The maximum Gasteiger partial charge on any atom is 0.341 e. The molecule has 2 aromatic heterocycles. The molecule has 35 heavy (non-hydrogen) atoms. The molecule has 0 unspecified atom stereocenters. The normalized spacial score (nSPS) is 12.8. The fraction of sp³-hybridized carbons (Fsp3) is 0.417. The first-order valence-electron chi connectivity index (χ1n) is 11.4. The molecule has 1 aromatic carbocycles. The molecule has 0 radical (unpaired) electrons. The van der Waals surface area contributed by atoms with Crippen LogP contribution in [0.2, 0.25) is 5.02 Å². The molecule has 1 amide bonds. The van der Waals surface area contributed by atoms with Crippen molar-refractivity contribution < 1.29 is 19.1 Å². The number of thiophene rings is 1. The Hall–Kier alpha value is -2.56. The molecule has 0 saturated carbocycles. The summed E-state index contributed by atoms with van der Waals surface area (Å²) in [6.07, 6.45) is 3.88. The van der Waals surface area contributed by atoms with Crippen LogP contribution in [0.5, 0.6) is 5.75 Å². The average Bonchev–Trinajstić information content (AvgIpc) is 3.42. The fourth-order valence-electron chi connectivity index (χ4n) is 3.98. The van der Waals surface area contributed by atoms with E-state index in [0.29, 0.717) is 38.9 Å². The van der Waals surface area contributed by atoms with Gasteiger partial charge in [0, 0.05) is 11.4 Å². The largest absolute Gasteiger partial charge is 0.484 e. The van der Waals surface area contributed by atoms with Crippen molar-refractivity contribution in [3.8, 4) is 5.75 Å². The summed E-state index contributed by atoms with van der Waals surface area (Å²) < 4.78 is 12.8. The molecule has 3 aromatic rings. The number of nitrogens with one attached hydrogen (secondary N) is 1. The molecule has 1 aliphatic carbocycles. The molecule has 1 N–H and O–H groups in total. The summed E-state index contributed by atoms with van der Waals surface area (Å²) in [7, 11) is 1.36. The summed E-state index contributed by atoms with van der Waals surface area (Å²) in [5.41, 5.74) is 2.56.